The number of carbonyl (C=O) groups is 1. The molecular weight excluding hydrogens is 132 g/mol. The van der Waals surface area contributed by atoms with Gasteiger partial charge in [0.05, 0.1) is 0 Å². The number of hydrogen-bond donors (Lipinski definition) is 3. The molecule has 0 heterocycles. The highest BCUT2D eigenvalue weighted by molar-refractivity contribution is 7.72. The van der Waals surface area contributed by atoms with Gasteiger partial charge in [-0.05, 0) is 0 Å². The molecule has 6 heteroatoms. The number of carbonyl (C=O) groups excluding carboxylic acids is 1. The minimum absolute atomic E-state index is 0.384. The summed E-state index contributed by atoms with van der Waals surface area (Å²) in [6, 6.07) is -0.829. The quantitative estimate of drug-likeness (QED) is 0.394. The van der Waals surface area contributed by atoms with Crippen LogP contribution in [-0.2, 0) is 10.7 Å². The Bertz CT molecular complexity index is 143. The molecule has 0 aromatic rings. The van der Waals surface area contributed by atoms with E-state index < -0.39 is 16.7 Å². The fraction of sp³-hybridized carbons (Fsp3) is 0.500. The third-order valence-electron chi connectivity index (χ3n) is 0.382. The molecule has 0 atom stereocenters. The molecule has 0 aromatic carbocycles. The average Bonchev–Trinajstić information content (AvgIpc) is 1.61. The molecule has 0 rings (SSSR count). The first-order valence-corrected chi connectivity index (χ1v) is 3.14. The topological polar surface area (TPSA) is 89.3 Å². The molecule has 0 unspecified atom stereocenters. The van der Waals surface area contributed by atoms with Crippen molar-refractivity contribution in [3.8, 4) is 0 Å². The Hall–Kier alpha value is -0.780. The lowest BCUT2D eigenvalue weighted by Gasteiger charge is -1.89. The molecule has 0 bridgehead atoms. The zero-order chi connectivity index (χ0) is 6.57. The van der Waals surface area contributed by atoms with E-state index in [1.807, 2.05) is 5.32 Å². The number of primary amides is 1. The van der Waals surface area contributed by atoms with Gasteiger partial charge >= 0.3 is 6.03 Å². The van der Waals surface area contributed by atoms with Crippen LogP contribution in [0.1, 0.15) is 0 Å². The van der Waals surface area contributed by atoms with E-state index in [0.717, 1.165) is 0 Å². The minimum Gasteiger partial charge on any atom is -0.352 e. The van der Waals surface area contributed by atoms with Crippen molar-refractivity contribution in [3.63, 3.8) is 0 Å². The lowest BCUT2D eigenvalue weighted by atomic mass is 11.0. The number of nitrogens with one attached hydrogen (secondary N) is 1. The van der Waals surface area contributed by atoms with E-state index in [4.69, 9.17) is 0 Å². The van der Waals surface area contributed by atoms with Crippen LogP contribution < -0.4 is 11.1 Å². The second kappa shape index (κ2) is 3.25. The van der Waals surface area contributed by atoms with Crippen molar-refractivity contribution < 1.29 is 13.2 Å². The Morgan fingerprint density at radius 2 is 2.12 bits per heavy atom. The zero-order valence-electron chi connectivity index (χ0n) is 3.96. The van der Waals surface area contributed by atoms with Crippen LogP contribution in [0.3, 0.4) is 0 Å². The summed E-state index contributed by atoms with van der Waals surface area (Å²) >= 11 is 0. The van der Waals surface area contributed by atoms with E-state index >= 15 is 0 Å². The molecule has 5 nitrogen and oxygen atoms in total. The van der Waals surface area contributed by atoms with Crippen molar-refractivity contribution >= 4 is 16.7 Å². The molecule has 0 radical (unpaired) electrons. The van der Waals surface area contributed by atoms with Gasteiger partial charge < -0.3 is 11.1 Å². The Balaban J connectivity index is 3.32. The van der Waals surface area contributed by atoms with E-state index in [9.17, 15) is 13.2 Å². The smallest absolute Gasteiger partial charge is 0.312 e. The summed E-state index contributed by atoms with van der Waals surface area (Å²) in [5, 5.41) is 1.89. The molecule has 3 N–H and O–H groups in total. The minimum atomic E-state index is -2.54. The van der Waals surface area contributed by atoms with Crippen molar-refractivity contribution in [2.24, 2.45) is 5.73 Å². The summed E-state index contributed by atoms with van der Waals surface area (Å²) in [6.07, 6.45) is 0. The summed E-state index contributed by atoms with van der Waals surface area (Å²) in [5.74, 6) is -0.384. The van der Waals surface area contributed by atoms with Crippen molar-refractivity contribution in [2.75, 3.05) is 5.88 Å². The maximum atomic E-state index is 9.75. The second-order valence-electron chi connectivity index (χ2n) is 1.03. The normalized spacial score (nSPS) is 9.12. The van der Waals surface area contributed by atoms with E-state index in [-0.39, 0.29) is 5.88 Å². The van der Waals surface area contributed by atoms with Gasteiger partial charge in [0.25, 0.3) is 0 Å². The highest BCUT2D eigenvalue weighted by atomic mass is 32.2. The molecule has 48 valence electrons. The second-order valence-corrected chi connectivity index (χ2v) is 2.01. The molecule has 0 aliphatic carbocycles. The molecule has 2 amide bonds. The number of nitrogens with two attached hydrogens (primary N) is 1. The van der Waals surface area contributed by atoms with E-state index in [0.29, 0.717) is 0 Å². The molecule has 0 saturated heterocycles. The van der Waals surface area contributed by atoms with E-state index in [1.165, 1.54) is 0 Å². The Kier molecular flexibility index (Phi) is 2.93. The van der Waals surface area contributed by atoms with Crippen LogP contribution in [-0.4, -0.2) is 20.3 Å². The van der Waals surface area contributed by atoms with Crippen LogP contribution in [0.2, 0.25) is 0 Å². The first kappa shape index (κ1) is 7.22. The fourth-order valence-electron chi connectivity index (χ4n) is 0.142. The van der Waals surface area contributed by atoms with Gasteiger partial charge in [-0.3, -0.25) is 0 Å². The lowest BCUT2D eigenvalue weighted by Crippen LogP contribution is -2.30. The van der Waals surface area contributed by atoms with Crippen molar-refractivity contribution in [1.29, 1.82) is 0 Å². The molecule has 0 saturated carbocycles. The average molecular weight is 138 g/mol. The Morgan fingerprint density at radius 1 is 1.62 bits per heavy atom. The summed E-state index contributed by atoms with van der Waals surface area (Å²) in [6.45, 7) is 0. The monoisotopic (exact) mass is 138 g/mol. The largest absolute Gasteiger partial charge is 0.352 e. The van der Waals surface area contributed by atoms with Crippen LogP contribution in [0.4, 0.5) is 4.79 Å². The number of rotatable bonds is 2. The first-order chi connectivity index (χ1) is 3.63. The van der Waals surface area contributed by atoms with Gasteiger partial charge in [0, 0.05) is 0 Å². The molecule has 0 aliphatic rings. The van der Waals surface area contributed by atoms with Gasteiger partial charge in [-0.15, -0.1) is 0 Å². The number of amides is 2. The predicted molar refractivity (Wildman–Crippen MR) is 27.9 cm³/mol. The number of thiol groups is 1. The van der Waals surface area contributed by atoms with Crippen LogP contribution in [0.5, 0.6) is 0 Å². The van der Waals surface area contributed by atoms with Crippen molar-refractivity contribution in [3.05, 3.63) is 0 Å². The standard InChI is InChI=1S/C2H6N2O3S/c3-2(5)4-1-8(6)7/h8H,1H2,(H3,3,4,5). The van der Waals surface area contributed by atoms with Crippen LogP contribution in [0.15, 0.2) is 0 Å². The van der Waals surface area contributed by atoms with E-state index in [2.05, 4.69) is 5.73 Å². The van der Waals surface area contributed by atoms with Gasteiger partial charge in [-0.1, -0.05) is 0 Å². The van der Waals surface area contributed by atoms with Gasteiger partial charge in [0.15, 0.2) is 10.7 Å². The van der Waals surface area contributed by atoms with Crippen molar-refractivity contribution in [1.82, 2.24) is 5.32 Å². The Morgan fingerprint density at radius 3 is 2.25 bits per heavy atom. The number of urea groups is 1. The van der Waals surface area contributed by atoms with Gasteiger partial charge in [-0.25, -0.2) is 13.2 Å². The third-order valence-corrected chi connectivity index (χ3v) is 0.799. The summed E-state index contributed by atoms with van der Waals surface area (Å²) < 4.78 is 19.3. The highest BCUT2D eigenvalue weighted by Gasteiger charge is 1.88. The fourth-order valence-corrected chi connectivity index (χ4v) is 0.427. The van der Waals surface area contributed by atoms with E-state index in [1.54, 1.807) is 0 Å². The van der Waals surface area contributed by atoms with Gasteiger partial charge in [0.2, 0.25) is 0 Å². The molecule has 0 spiro atoms. The highest BCUT2D eigenvalue weighted by Crippen LogP contribution is 1.56. The third kappa shape index (κ3) is 5.22. The molecule has 0 aliphatic heterocycles. The Labute approximate surface area is 47.8 Å². The van der Waals surface area contributed by atoms with Gasteiger partial charge in [-0.2, -0.15) is 0 Å². The molecule has 0 fully saturated rings. The summed E-state index contributed by atoms with van der Waals surface area (Å²) in [7, 11) is -2.54. The maximum absolute atomic E-state index is 9.75. The number of hydrogen-bond acceptors (Lipinski definition) is 3. The van der Waals surface area contributed by atoms with Gasteiger partial charge in [0.1, 0.15) is 5.88 Å². The molecular formula is C2H6N2O3S. The predicted octanol–water partition coefficient (Wildman–Crippen LogP) is -1.78. The van der Waals surface area contributed by atoms with Crippen LogP contribution in [0.25, 0.3) is 0 Å². The lowest BCUT2D eigenvalue weighted by molar-refractivity contribution is 0.250. The molecule has 8 heavy (non-hydrogen) atoms. The van der Waals surface area contributed by atoms with Crippen molar-refractivity contribution in [2.45, 2.75) is 0 Å². The summed E-state index contributed by atoms with van der Waals surface area (Å²) in [4.78, 5) is 9.75. The zero-order valence-corrected chi connectivity index (χ0v) is 4.85. The SMILES string of the molecule is NC(=O)NC[SH](=O)=O. The first-order valence-electron chi connectivity index (χ1n) is 1.78. The van der Waals surface area contributed by atoms with Crippen LogP contribution in [0, 0.1) is 0 Å². The summed E-state index contributed by atoms with van der Waals surface area (Å²) in [5.41, 5.74) is 4.52. The maximum Gasteiger partial charge on any atom is 0.312 e. The molecule has 0 aromatic heterocycles. The van der Waals surface area contributed by atoms with Crippen LogP contribution >= 0.6 is 0 Å².